The highest BCUT2D eigenvalue weighted by molar-refractivity contribution is 5.81. The summed E-state index contributed by atoms with van der Waals surface area (Å²) < 4.78 is 5.46. The second-order valence-corrected chi connectivity index (χ2v) is 4.93. The zero-order valence-corrected chi connectivity index (χ0v) is 11.9. The first-order valence-electron chi connectivity index (χ1n) is 6.59. The van der Waals surface area contributed by atoms with Crippen molar-refractivity contribution in [2.24, 2.45) is 0 Å². The van der Waals surface area contributed by atoms with Gasteiger partial charge in [-0.3, -0.25) is 5.10 Å². The average molecular weight is 259 g/mol. The number of hydrogen-bond donors (Lipinski definition) is 2. The summed E-state index contributed by atoms with van der Waals surface area (Å²) in [6.45, 7) is 6.42. The van der Waals surface area contributed by atoms with Crippen molar-refractivity contribution in [3.8, 4) is 16.9 Å². The van der Waals surface area contributed by atoms with E-state index in [0.29, 0.717) is 11.7 Å². The SMILES string of the molecule is CCc1[nH]nc(N)c1-c1cc(C(C)C)ccc1OC. The first-order valence-corrected chi connectivity index (χ1v) is 6.59. The Hall–Kier alpha value is -1.97. The number of H-pyrrole nitrogens is 1. The maximum absolute atomic E-state index is 6.00. The molecule has 0 amide bonds. The van der Waals surface area contributed by atoms with Gasteiger partial charge < -0.3 is 10.5 Å². The predicted octanol–water partition coefficient (Wildman–Crippen LogP) is 3.35. The van der Waals surface area contributed by atoms with Crippen LogP contribution in [-0.4, -0.2) is 17.3 Å². The van der Waals surface area contributed by atoms with E-state index in [-0.39, 0.29) is 0 Å². The second-order valence-electron chi connectivity index (χ2n) is 4.93. The van der Waals surface area contributed by atoms with Crippen LogP contribution in [0.1, 0.15) is 37.9 Å². The Kier molecular flexibility index (Phi) is 3.79. The zero-order valence-electron chi connectivity index (χ0n) is 11.9. The van der Waals surface area contributed by atoms with Gasteiger partial charge in [-0.15, -0.1) is 0 Å². The molecule has 4 heteroatoms. The van der Waals surface area contributed by atoms with Gasteiger partial charge in [-0.2, -0.15) is 5.10 Å². The maximum Gasteiger partial charge on any atom is 0.153 e. The molecule has 0 aliphatic rings. The number of hydrogen-bond acceptors (Lipinski definition) is 3. The third kappa shape index (κ3) is 2.43. The molecule has 102 valence electrons. The van der Waals surface area contributed by atoms with Crippen molar-refractivity contribution < 1.29 is 4.74 Å². The number of benzene rings is 1. The van der Waals surface area contributed by atoms with Crippen molar-refractivity contribution in [2.45, 2.75) is 33.1 Å². The van der Waals surface area contributed by atoms with Crippen molar-refractivity contribution >= 4 is 5.82 Å². The third-order valence-electron chi connectivity index (χ3n) is 3.38. The number of nitrogen functional groups attached to an aromatic ring is 1. The highest BCUT2D eigenvalue weighted by Crippen LogP contribution is 2.37. The number of rotatable bonds is 4. The number of aryl methyl sites for hydroxylation is 1. The van der Waals surface area contributed by atoms with Crippen LogP contribution in [0.4, 0.5) is 5.82 Å². The minimum atomic E-state index is 0.461. The Balaban J connectivity index is 2.65. The van der Waals surface area contributed by atoms with E-state index in [1.165, 1.54) is 5.56 Å². The van der Waals surface area contributed by atoms with E-state index in [1.807, 2.05) is 6.07 Å². The van der Waals surface area contributed by atoms with Crippen LogP contribution in [0.15, 0.2) is 18.2 Å². The minimum absolute atomic E-state index is 0.461. The summed E-state index contributed by atoms with van der Waals surface area (Å²) in [5, 5.41) is 7.10. The van der Waals surface area contributed by atoms with E-state index in [9.17, 15) is 0 Å². The van der Waals surface area contributed by atoms with Gasteiger partial charge in [0.15, 0.2) is 5.82 Å². The van der Waals surface area contributed by atoms with E-state index in [0.717, 1.165) is 29.0 Å². The number of nitrogens with one attached hydrogen (secondary N) is 1. The van der Waals surface area contributed by atoms with Crippen LogP contribution in [0.2, 0.25) is 0 Å². The van der Waals surface area contributed by atoms with Crippen LogP contribution in [0.3, 0.4) is 0 Å². The van der Waals surface area contributed by atoms with Crippen molar-refractivity contribution in [3.05, 3.63) is 29.5 Å². The number of ether oxygens (including phenoxy) is 1. The topological polar surface area (TPSA) is 63.9 Å². The van der Waals surface area contributed by atoms with E-state index in [2.05, 4.69) is 43.1 Å². The van der Waals surface area contributed by atoms with Crippen molar-refractivity contribution in [3.63, 3.8) is 0 Å². The van der Waals surface area contributed by atoms with Gasteiger partial charge >= 0.3 is 0 Å². The molecule has 0 unspecified atom stereocenters. The predicted molar refractivity (Wildman–Crippen MR) is 78.5 cm³/mol. The molecule has 0 saturated carbocycles. The molecule has 2 rings (SSSR count). The Bertz CT molecular complexity index is 573. The molecule has 3 N–H and O–H groups in total. The first-order chi connectivity index (χ1) is 9.08. The number of anilines is 1. The second kappa shape index (κ2) is 5.34. The van der Waals surface area contributed by atoms with Gasteiger partial charge in [-0.25, -0.2) is 0 Å². The molecular formula is C15H21N3O. The lowest BCUT2D eigenvalue weighted by molar-refractivity contribution is 0.416. The lowest BCUT2D eigenvalue weighted by Crippen LogP contribution is -1.96. The summed E-state index contributed by atoms with van der Waals surface area (Å²) >= 11 is 0. The first kappa shape index (κ1) is 13.5. The van der Waals surface area contributed by atoms with Gasteiger partial charge in [-0.05, 0) is 30.0 Å². The van der Waals surface area contributed by atoms with Crippen molar-refractivity contribution in [1.29, 1.82) is 0 Å². The molecule has 0 bridgehead atoms. The van der Waals surface area contributed by atoms with Gasteiger partial charge in [-0.1, -0.05) is 26.8 Å². The summed E-state index contributed by atoms with van der Waals surface area (Å²) in [5.74, 6) is 1.81. The van der Waals surface area contributed by atoms with Gasteiger partial charge in [0.2, 0.25) is 0 Å². The molecule has 1 heterocycles. The van der Waals surface area contributed by atoms with E-state index < -0.39 is 0 Å². The number of aromatic amines is 1. The standard InChI is InChI=1S/C15H21N3O/c1-5-12-14(15(16)18-17-12)11-8-10(9(2)3)6-7-13(11)19-4/h6-9H,5H2,1-4H3,(H3,16,17,18). The van der Waals surface area contributed by atoms with Crippen LogP contribution in [0, 0.1) is 0 Å². The van der Waals surface area contributed by atoms with Crippen LogP contribution < -0.4 is 10.5 Å². The number of aromatic nitrogens is 2. The summed E-state index contributed by atoms with van der Waals surface area (Å²) in [4.78, 5) is 0. The monoisotopic (exact) mass is 259 g/mol. The van der Waals surface area contributed by atoms with E-state index in [4.69, 9.17) is 10.5 Å². The van der Waals surface area contributed by atoms with Gasteiger partial charge in [0.05, 0.1) is 12.7 Å². The molecule has 1 aromatic heterocycles. The van der Waals surface area contributed by atoms with Crippen molar-refractivity contribution in [1.82, 2.24) is 10.2 Å². The Morgan fingerprint density at radius 2 is 2.11 bits per heavy atom. The molecule has 0 aliphatic carbocycles. The number of nitrogens with two attached hydrogens (primary N) is 1. The van der Waals surface area contributed by atoms with Gasteiger partial charge in [0.1, 0.15) is 5.75 Å². The molecule has 1 aromatic carbocycles. The molecule has 0 fully saturated rings. The lowest BCUT2D eigenvalue weighted by atomic mass is 9.96. The molecule has 0 saturated heterocycles. The summed E-state index contributed by atoms with van der Waals surface area (Å²) in [6, 6.07) is 6.23. The minimum Gasteiger partial charge on any atom is -0.496 e. The van der Waals surface area contributed by atoms with Crippen molar-refractivity contribution in [2.75, 3.05) is 12.8 Å². The largest absolute Gasteiger partial charge is 0.496 e. The summed E-state index contributed by atoms with van der Waals surface area (Å²) in [5.41, 5.74) is 10.3. The van der Waals surface area contributed by atoms with Crippen LogP contribution in [0.5, 0.6) is 5.75 Å². The Labute approximate surface area is 114 Å². The molecule has 0 atom stereocenters. The fourth-order valence-corrected chi connectivity index (χ4v) is 2.23. The molecule has 4 nitrogen and oxygen atoms in total. The molecule has 0 spiro atoms. The molecular weight excluding hydrogens is 238 g/mol. The Morgan fingerprint density at radius 3 is 2.68 bits per heavy atom. The lowest BCUT2D eigenvalue weighted by Gasteiger charge is -2.13. The van der Waals surface area contributed by atoms with Crippen LogP contribution in [0.25, 0.3) is 11.1 Å². The smallest absolute Gasteiger partial charge is 0.153 e. The quantitative estimate of drug-likeness (QED) is 0.885. The summed E-state index contributed by atoms with van der Waals surface area (Å²) in [7, 11) is 1.68. The normalized spacial score (nSPS) is 11.0. The molecule has 2 aromatic rings. The summed E-state index contributed by atoms with van der Waals surface area (Å²) in [6.07, 6.45) is 0.856. The van der Waals surface area contributed by atoms with Gasteiger partial charge in [0, 0.05) is 11.3 Å². The highest BCUT2D eigenvalue weighted by atomic mass is 16.5. The van der Waals surface area contributed by atoms with Gasteiger partial charge in [0.25, 0.3) is 0 Å². The zero-order chi connectivity index (χ0) is 14.0. The Morgan fingerprint density at radius 1 is 1.37 bits per heavy atom. The molecule has 0 radical (unpaired) electrons. The van der Waals surface area contributed by atoms with E-state index in [1.54, 1.807) is 7.11 Å². The average Bonchev–Trinajstić information content (AvgIpc) is 2.78. The number of methoxy groups -OCH3 is 1. The van der Waals surface area contributed by atoms with Crippen LogP contribution >= 0.6 is 0 Å². The highest BCUT2D eigenvalue weighted by Gasteiger charge is 2.17. The fourth-order valence-electron chi connectivity index (χ4n) is 2.23. The molecule has 19 heavy (non-hydrogen) atoms. The van der Waals surface area contributed by atoms with E-state index >= 15 is 0 Å². The third-order valence-corrected chi connectivity index (χ3v) is 3.38. The number of nitrogens with zero attached hydrogens (tertiary/aromatic N) is 1. The molecule has 0 aliphatic heterocycles. The fraction of sp³-hybridized carbons (Fsp3) is 0.400. The maximum atomic E-state index is 6.00. The van der Waals surface area contributed by atoms with Crippen LogP contribution in [-0.2, 0) is 6.42 Å².